The Hall–Kier alpha value is -4.07. The van der Waals surface area contributed by atoms with E-state index in [4.69, 9.17) is 9.57 Å². The van der Waals surface area contributed by atoms with Gasteiger partial charge in [-0.25, -0.2) is 4.79 Å². The highest BCUT2D eigenvalue weighted by Crippen LogP contribution is 2.32. The lowest BCUT2D eigenvalue weighted by atomic mass is 9.97. The average molecular weight is 539 g/mol. The molecule has 6 nitrogen and oxygen atoms in total. The van der Waals surface area contributed by atoms with E-state index in [-0.39, 0.29) is 5.78 Å². The molecule has 3 aromatic carbocycles. The van der Waals surface area contributed by atoms with Gasteiger partial charge in [-0.1, -0.05) is 41.6 Å². The molecule has 5 rings (SSSR count). The third-order valence-electron chi connectivity index (χ3n) is 6.77. The van der Waals surface area contributed by atoms with Crippen molar-refractivity contribution in [3.63, 3.8) is 0 Å². The highest BCUT2D eigenvalue weighted by Gasteiger charge is 2.18. The molecule has 198 valence electrons. The van der Waals surface area contributed by atoms with Gasteiger partial charge >= 0.3 is 5.97 Å². The Bertz CT molecular complexity index is 1680. The fourth-order valence-corrected chi connectivity index (χ4v) is 5.50. The van der Waals surface area contributed by atoms with Crippen LogP contribution in [-0.2, 0) is 27.3 Å². The third-order valence-corrected chi connectivity index (χ3v) is 7.64. The number of aromatic nitrogens is 1. The topological polar surface area (TPSA) is 69.9 Å². The van der Waals surface area contributed by atoms with Crippen molar-refractivity contribution in [2.75, 3.05) is 13.2 Å². The second-order valence-electron chi connectivity index (χ2n) is 9.34. The average Bonchev–Trinajstić information content (AvgIpc) is 3.58. The zero-order chi connectivity index (χ0) is 27.4. The summed E-state index contributed by atoms with van der Waals surface area (Å²) in [4.78, 5) is 30.6. The molecule has 0 radical (unpaired) electrons. The summed E-state index contributed by atoms with van der Waals surface area (Å²) in [6, 6.07) is 23.9. The van der Waals surface area contributed by atoms with Gasteiger partial charge in [0.25, 0.3) is 0 Å². The molecular formula is C32H30N2O4S. The summed E-state index contributed by atoms with van der Waals surface area (Å²) in [6.45, 7) is 7.30. The first-order valence-electron chi connectivity index (χ1n) is 13.0. The van der Waals surface area contributed by atoms with E-state index >= 15 is 0 Å². The van der Waals surface area contributed by atoms with Crippen LogP contribution in [0.25, 0.3) is 21.8 Å². The zero-order valence-corrected chi connectivity index (χ0v) is 23.1. The number of hydrogen-bond acceptors (Lipinski definition) is 6. The summed E-state index contributed by atoms with van der Waals surface area (Å²) in [5.41, 5.74) is 6.46. The Morgan fingerprint density at radius 1 is 0.923 bits per heavy atom. The van der Waals surface area contributed by atoms with E-state index in [1.165, 1.54) is 18.3 Å². The molecule has 7 heteroatoms. The minimum absolute atomic E-state index is 0.00920. The van der Waals surface area contributed by atoms with Crippen molar-refractivity contribution in [1.29, 1.82) is 0 Å². The number of aryl methyl sites for hydroxylation is 1. The van der Waals surface area contributed by atoms with E-state index in [1.54, 1.807) is 0 Å². The van der Waals surface area contributed by atoms with Crippen LogP contribution in [0.15, 0.2) is 83.3 Å². The van der Waals surface area contributed by atoms with Crippen LogP contribution in [0, 0.1) is 6.92 Å². The van der Waals surface area contributed by atoms with E-state index in [9.17, 15) is 9.59 Å². The largest absolute Gasteiger partial charge is 0.380 e. The van der Waals surface area contributed by atoms with Crippen molar-refractivity contribution < 1.29 is 19.2 Å². The number of nitrogens with zero attached hydrogens (tertiary/aromatic N) is 2. The van der Waals surface area contributed by atoms with Crippen molar-refractivity contribution in [2.24, 2.45) is 5.16 Å². The SMILES string of the molecule is CCOCCn1c2ccc(C(=O)c3cccs3)cc2c2cc(/C(Cc3ccccc3C)=N\OC(C)=O)ccc21. The highest BCUT2D eigenvalue weighted by molar-refractivity contribution is 7.12. The van der Waals surface area contributed by atoms with Crippen LogP contribution < -0.4 is 0 Å². The van der Waals surface area contributed by atoms with Crippen LogP contribution in [0.3, 0.4) is 0 Å². The minimum Gasteiger partial charge on any atom is -0.380 e. The first-order chi connectivity index (χ1) is 19.0. The first kappa shape index (κ1) is 26.5. The Morgan fingerprint density at radius 2 is 1.64 bits per heavy atom. The lowest BCUT2D eigenvalue weighted by molar-refractivity contribution is -0.140. The van der Waals surface area contributed by atoms with E-state index < -0.39 is 5.97 Å². The van der Waals surface area contributed by atoms with Crippen LogP contribution in [0.1, 0.15) is 45.8 Å². The van der Waals surface area contributed by atoms with Gasteiger partial charge in [0.1, 0.15) is 0 Å². The van der Waals surface area contributed by atoms with E-state index in [2.05, 4.69) is 40.9 Å². The van der Waals surface area contributed by atoms with Gasteiger partial charge in [-0.2, -0.15) is 0 Å². The minimum atomic E-state index is -0.470. The molecule has 5 aromatic rings. The molecule has 0 bridgehead atoms. The second-order valence-corrected chi connectivity index (χ2v) is 10.3. The molecule has 2 aromatic heterocycles. The molecule has 0 spiro atoms. The lowest BCUT2D eigenvalue weighted by Crippen LogP contribution is -2.09. The maximum absolute atomic E-state index is 13.2. The number of carbonyl (C=O) groups excluding carboxylic acids is 2. The summed E-state index contributed by atoms with van der Waals surface area (Å²) >= 11 is 1.44. The lowest BCUT2D eigenvalue weighted by Gasteiger charge is -2.10. The monoisotopic (exact) mass is 538 g/mol. The number of ketones is 1. The van der Waals surface area contributed by atoms with Gasteiger partial charge in [-0.05, 0) is 66.8 Å². The number of hydrogen-bond donors (Lipinski definition) is 0. The Balaban J connectivity index is 1.65. The number of rotatable bonds is 10. The number of thiophene rings is 1. The predicted octanol–water partition coefficient (Wildman–Crippen LogP) is 6.94. The molecule has 0 amide bonds. The molecule has 0 saturated carbocycles. The zero-order valence-electron chi connectivity index (χ0n) is 22.3. The van der Waals surface area contributed by atoms with Crippen molar-refractivity contribution in [3.8, 4) is 0 Å². The van der Waals surface area contributed by atoms with Crippen LogP contribution in [0.5, 0.6) is 0 Å². The van der Waals surface area contributed by atoms with E-state index in [0.717, 1.165) is 38.5 Å². The summed E-state index contributed by atoms with van der Waals surface area (Å²) in [6.07, 6.45) is 0.510. The Labute approximate surface area is 231 Å². The van der Waals surface area contributed by atoms with Crippen LogP contribution in [0.2, 0.25) is 0 Å². The van der Waals surface area contributed by atoms with Crippen molar-refractivity contribution >= 4 is 50.6 Å². The molecule has 0 unspecified atom stereocenters. The second kappa shape index (κ2) is 11.8. The van der Waals surface area contributed by atoms with Gasteiger partial charge < -0.3 is 14.1 Å². The number of benzene rings is 3. The Morgan fingerprint density at radius 3 is 2.31 bits per heavy atom. The highest BCUT2D eigenvalue weighted by atomic mass is 32.1. The molecule has 0 atom stereocenters. The molecule has 0 aliphatic carbocycles. The number of fused-ring (bicyclic) bond motifs is 3. The van der Waals surface area contributed by atoms with Crippen LogP contribution in [-0.4, -0.2) is 35.2 Å². The summed E-state index contributed by atoms with van der Waals surface area (Å²) in [7, 11) is 0. The molecule has 0 saturated heterocycles. The number of oxime groups is 1. The summed E-state index contributed by atoms with van der Waals surface area (Å²) < 4.78 is 7.90. The fourth-order valence-electron chi connectivity index (χ4n) is 4.81. The van der Waals surface area contributed by atoms with Crippen molar-refractivity contribution in [2.45, 2.75) is 33.7 Å². The smallest absolute Gasteiger partial charge is 0.331 e. The Kier molecular flexibility index (Phi) is 8.00. The van der Waals surface area contributed by atoms with Gasteiger partial charge in [0.05, 0.1) is 17.2 Å². The van der Waals surface area contributed by atoms with Gasteiger partial charge in [-0.15, -0.1) is 11.3 Å². The molecule has 39 heavy (non-hydrogen) atoms. The van der Waals surface area contributed by atoms with Gasteiger partial charge in [0.2, 0.25) is 5.78 Å². The third kappa shape index (κ3) is 5.70. The van der Waals surface area contributed by atoms with Crippen molar-refractivity contribution in [1.82, 2.24) is 4.57 Å². The first-order valence-corrected chi connectivity index (χ1v) is 13.9. The molecule has 0 aliphatic rings. The summed E-state index contributed by atoms with van der Waals surface area (Å²) in [5.74, 6) is -0.461. The molecule has 0 N–H and O–H groups in total. The maximum atomic E-state index is 13.2. The molecule has 0 fully saturated rings. The standard InChI is InChI=1S/C32H30N2O4S/c1-4-37-16-15-34-29-13-11-24(28(33-38-22(3)35)20-23-9-6-5-8-21(23)2)18-26(29)27-19-25(12-14-30(27)34)32(36)31-10-7-17-39-31/h5-14,17-19H,4,15-16,20H2,1-3H3/b33-28-. The number of carbonyl (C=O) groups is 2. The maximum Gasteiger partial charge on any atom is 0.331 e. The van der Waals surface area contributed by atoms with Crippen LogP contribution >= 0.6 is 11.3 Å². The van der Waals surface area contributed by atoms with Gasteiger partial charge in [0.15, 0.2) is 0 Å². The summed E-state index contributed by atoms with van der Waals surface area (Å²) in [5, 5.41) is 8.14. The molecular weight excluding hydrogens is 508 g/mol. The van der Waals surface area contributed by atoms with E-state index in [0.29, 0.717) is 42.3 Å². The fraction of sp³-hybridized carbons (Fsp3) is 0.219. The predicted molar refractivity (Wildman–Crippen MR) is 157 cm³/mol. The van der Waals surface area contributed by atoms with Gasteiger partial charge in [-0.3, -0.25) is 4.79 Å². The molecule has 2 heterocycles. The van der Waals surface area contributed by atoms with Crippen molar-refractivity contribution in [3.05, 3.63) is 105 Å². The van der Waals surface area contributed by atoms with Crippen LogP contribution in [0.4, 0.5) is 0 Å². The normalized spacial score (nSPS) is 11.8. The quantitative estimate of drug-likeness (QED) is 0.0635. The van der Waals surface area contributed by atoms with E-state index in [1.807, 2.05) is 60.8 Å². The van der Waals surface area contributed by atoms with Gasteiger partial charge in [0, 0.05) is 59.4 Å². The number of ether oxygens (including phenoxy) is 1. The molecule has 0 aliphatic heterocycles.